The Balaban J connectivity index is 2.96. The van der Waals surface area contributed by atoms with Gasteiger partial charge in [0.15, 0.2) is 5.84 Å². The maximum atomic E-state index is 13.6. The number of rotatable bonds is 4. The third-order valence-corrected chi connectivity index (χ3v) is 2.04. The highest BCUT2D eigenvalue weighted by molar-refractivity contribution is 6.45. The van der Waals surface area contributed by atoms with Crippen LogP contribution in [-0.2, 0) is 4.74 Å². The Morgan fingerprint density at radius 1 is 1.63 bits per heavy atom. The number of carbonyl (C=O) groups is 1. The lowest BCUT2D eigenvalue weighted by Crippen LogP contribution is -2.22. The maximum absolute atomic E-state index is 13.6. The number of amidine groups is 1. The number of hydrogen-bond donors (Lipinski definition) is 3. The number of nitrogens with one attached hydrogen (secondary N) is 2. The van der Waals surface area contributed by atoms with Gasteiger partial charge in [-0.05, 0) is 18.2 Å². The summed E-state index contributed by atoms with van der Waals surface area (Å²) in [4.78, 5) is 11.2. The number of ether oxygens (including phenoxy) is 1. The Bertz CT molecular complexity index is 591. The molecular formula is C11H10FN5O2. The van der Waals surface area contributed by atoms with Crippen molar-refractivity contribution >= 4 is 23.2 Å². The average Bonchev–Trinajstić information content (AvgIpc) is 2.39. The van der Waals surface area contributed by atoms with Gasteiger partial charge in [-0.3, -0.25) is 10.8 Å². The molecule has 8 heteroatoms. The van der Waals surface area contributed by atoms with Gasteiger partial charge in [-0.25, -0.2) is 9.18 Å². The van der Waals surface area contributed by atoms with Crippen molar-refractivity contribution in [3.8, 4) is 6.07 Å². The minimum Gasteiger partial charge on any atom is -0.465 e. The molecule has 0 aliphatic heterocycles. The van der Waals surface area contributed by atoms with E-state index in [1.807, 2.05) is 0 Å². The van der Waals surface area contributed by atoms with Crippen LogP contribution in [0.2, 0.25) is 0 Å². The van der Waals surface area contributed by atoms with Crippen molar-refractivity contribution in [2.75, 3.05) is 12.5 Å². The molecule has 0 atom stereocenters. The second kappa shape index (κ2) is 6.11. The molecule has 0 aliphatic rings. The quantitative estimate of drug-likeness (QED) is 0.321. The van der Waals surface area contributed by atoms with Gasteiger partial charge in [0.25, 0.3) is 0 Å². The molecule has 1 aromatic rings. The molecule has 0 fully saturated rings. The van der Waals surface area contributed by atoms with E-state index in [0.29, 0.717) is 0 Å². The van der Waals surface area contributed by atoms with Gasteiger partial charge < -0.3 is 10.5 Å². The van der Waals surface area contributed by atoms with E-state index < -0.39 is 17.6 Å². The molecule has 98 valence electrons. The van der Waals surface area contributed by atoms with Crippen molar-refractivity contribution in [2.45, 2.75) is 0 Å². The van der Waals surface area contributed by atoms with Crippen molar-refractivity contribution in [1.29, 1.82) is 10.7 Å². The van der Waals surface area contributed by atoms with E-state index in [1.54, 1.807) is 6.07 Å². The molecule has 4 N–H and O–H groups in total. The molecule has 0 aliphatic carbocycles. The molecule has 0 saturated carbocycles. The van der Waals surface area contributed by atoms with Gasteiger partial charge in [0.1, 0.15) is 11.9 Å². The van der Waals surface area contributed by atoms with Gasteiger partial charge in [0.2, 0.25) is 5.71 Å². The number of hydrogen-bond acceptors (Lipinski definition) is 6. The average molecular weight is 263 g/mol. The number of benzene rings is 1. The van der Waals surface area contributed by atoms with Crippen molar-refractivity contribution in [2.24, 2.45) is 10.8 Å². The summed E-state index contributed by atoms with van der Waals surface area (Å²) >= 11 is 0. The van der Waals surface area contributed by atoms with Crippen molar-refractivity contribution in [3.05, 3.63) is 29.6 Å². The fraction of sp³-hybridized carbons (Fsp3) is 0.0909. The maximum Gasteiger partial charge on any atom is 0.337 e. The summed E-state index contributed by atoms with van der Waals surface area (Å²) in [6.07, 6.45) is 0. The van der Waals surface area contributed by atoms with Crippen LogP contribution in [0, 0.1) is 22.6 Å². The summed E-state index contributed by atoms with van der Waals surface area (Å²) in [5.74, 6) is -1.97. The summed E-state index contributed by atoms with van der Waals surface area (Å²) in [5, 5.41) is 19.1. The molecule has 0 bridgehead atoms. The number of esters is 1. The molecule has 1 rings (SSSR count). The highest BCUT2D eigenvalue weighted by Gasteiger charge is 2.10. The van der Waals surface area contributed by atoms with Gasteiger partial charge in [-0.1, -0.05) is 0 Å². The van der Waals surface area contributed by atoms with E-state index in [4.69, 9.17) is 16.4 Å². The van der Waals surface area contributed by atoms with Crippen molar-refractivity contribution in [3.63, 3.8) is 0 Å². The number of halogens is 1. The SMILES string of the molecule is COC(=O)c1ccc(N/N=C(\C#N)C(=N)N)c(F)c1. The highest BCUT2D eigenvalue weighted by atomic mass is 19.1. The van der Waals surface area contributed by atoms with Crippen LogP contribution in [0.4, 0.5) is 10.1 Å². The fourth-order valence-corrected chi connectivity index (χ4v) is 1.11. The molecular weight excluding hydrogens is 253 g/mol. The summed E-state index contributed by atoms with van der Waals surface area (Å²) in [5.41, 5.74) is 6.91. The van der Waals surface area contributed by atoms with Crippen LogP contribution < -0.4 is 11.2 Å². The summed E-state index contributed by atoms with van der Waals surface area (Å²) in [6.45, 7) is 0. The molecule has 0 saturated heterocycles. The molecule has 0 spiro atoms. The molecule has 0 unspecified atom stereocenters. The first-order valence-electron chi connectivity index (χ1n) is 4.95. The second-order valence-corrected chi connectivity index (χ2v) is 3.28. The van der Waals surface area contributed by atoms with Gasteiger partial charge in [0, 0.05) is 0 Å². The van der Waals surface area contributed by atoms with Gasteiger partial charge in [-0.2, -0.15) is 10.4 Å². The lowest BCUT2D eigenvalue weighted by Gasteiger charge is -2.04. The summed E-state index contributed by atoms with van der Waals surface area (Å²) < 4.78 is 18.0. The minimum atomic E-state index is -0.757. The third kappa shape index (κ3) is 3.50. The Labute approximate surface area is 108 Å². The van der Waals surface area contributed by atoms with Gasteiger partial charge in [0.05, 0.1) is 18.4 Å². The van der Waals surface area contributed by atoms with Crippen LogP contribution in [0.5, 0.6) is 0 Å². The first-order valence-corrected chi connectivity index (χ1v) is 4.95. The molecule has 19 heavy (non-hydrogen) atoms. The van der Waals surface area contributed by atoms with E-state index in [0.717, 1.165) is 6.07 Å². The van der Waals surface area contributed by atoms with E-state index in [-0.39, 0.29) is 17.0 Å². The van der Waals surface area contributed by atoms with Crippen LogP contribution in [-0.4, -0.2) is 24.6 Å². The van der Waals surface area contributed by atoms with Crippen LogP contribution in [0.3, 0.4) is 0 Å². The number of methoxy groups -OCH3 is 1. The lowest BCUT2D eigenvalue weighted by atomic mass is 10.2. The first kappa shape index (κ1) is 14.1. The van der Waals surface area contributed by atoms with E-state index in [2.05, 4.69) is 15.3 Å². The molecule has 0 radical (unpaired) electrons. The van der Waals surface area contributed by atoms with Crippen molar-refractivity contribution < 1.29 is 13.9 Å². The molecule has 1 aromatic carbocycles. The number of nitrogens with zero attached hydrogens (tertiary/aromatic N) is 2. The number of nitrogens with two attached hydrogens (primary N) is 1. The van der Waals surface area contributed by atoms with Crippen molar-refractivity contribution in [1.82, 2.24) is 0 Å². The minimum absolute atomic E-state index is 0.0432. The number of nitriles is 1. The molecule has 0 amide bonds. The summed E-state index contributed by atoms with van der Waals surface area (Å²) in [7, 11) is 1.18. The summed E-state index contributed by atoms with van der Waals surface area (Å²) in [6, 6.07) is 5.11. The Morgan fingerprint density at radius 2 is 2.32 bits per heavy atom. The van der Waals surface area contributed by atoms with E-state index in [9.17, 15) is 9.18 Å². The normalized spacial score (nSPS) is 10.5. The van der Waals surface area contributed by atoms with Gasteiger partial charge >= 0.3 is 5.97 Å². The molecule has 7 nitrogen and oxygen atoms in total. The zero-order valence-corrected chi connectivity index (χ0v) is 9.90. The smallest absolute Gasteiger partial charge is 0.337 e. The third-order valence-electron chi connectivity index (χ3n) is 2.04. The van der Waals surface area contributed by atoms with E-state index >= 15 is 0 Å². The molecule has 0 aromatic heterocycles. The Kier molecular flexibility index (Phi) is 4.54. The largest absolute Gasteiger partial charge is 0.465 e. The second-order valence-electron chi connectivity index (χ2n) is 3.28. The lowest BCUT2D eigenvalue weighted by molar-refractivity contribution is 0.0600. The monoisotopic (exact) mass is 263 g/mol. The molecule has 0 heterocycles. The zero-order valence-electron chi connectivity index (χ0n) is 9.90. The van der Waals surface area contributed by atoms with Crippen LogP contribution in [0.1, 0.15) is 10.4 Å². The van der Waals surface area contributed by atoms with Crippen LogP contribution in [0.15, 0.2) is 23.3 Å². The van der Waals surface area contributed by atoms with Gasteiger partial charge in [-0.15, -0.1) is 0 Å². The Hall–Kier alpha value is -2.95. The number of anilines is 1. The highest BCUT2D eigenvalue weighted by Crippen LogP contribution is 2.16. The zero-order chi connectivity index (χ0) is 14.4. The standard InChI is InChI=1S/C11H10FN5O2/c1-19-11(18)6-2-3-8(7(12)4-6)16-17-9(5-13)10(14)15/h2-4,16H,1H3,(H3,14,15)/b17-9+. The number of hydrazone groups is 1. The Morgan fingerprint density at radius 3 is 2.79 bits per heavy atom. The van der Waals surface area contributed by atoms with E-state index in [1.165, 1.54) is 19.2 Å². The predicted molar refractivity (Wildman–Crippen MR) is 66.3 cm³/mol. The topological polar surface area (TPSA) is 124 Å². The predicted octanol–water partition coefficient (Wildman–Crippen LogP) is 0.840. The number of carbonyl (C=O) groups excluding carboxylic acids is 1. The fourth-order valence-electron chi connectivity index (χ4n) is 1.11. The van der Waals surface area contributed by atoms with Crippen LogP contribution in [0.25, 0.3) is 0 Å². The van der Waals surface area contributed by atoms with Crippen LogP contribution >= 0.6 is 0 Å². The first-order chi connectivity index (χ1) is 8.99.